The summed E-state index contributed by atoms with van der Waals surface area (Å²) >= 11 is 0. The van der Waals surface area contributed by atoms with Crippen molar-refractivity contribution in [2.75, 3.05) is 13.1 Å². The van der Waals surface area contributed by atoms with Gasteiger partial charge < -0.3 is 4.74 Å². The highest BCUT2D eigenvalue weighted by atomic mass is 32.2. The van der Waals surface area contributed by atoms with Crippen LogP contribution in [0.1, 0.15) is 6.42 Å². The highest BCUT2D eigenvalue weighted by Crippen LogP contribution is 2.27. The van der Waals surface area contributed by atoms with Crippen molar-refractivity contribution in [3.63, 3.8) is 0 Å². The summed E-state index contributed by atoms with van der Waals surface area (Å²) in [5, 5.41) is 0.998. The molecule has 1 fully saturated rings. The molecule has 3 aromatic rings. The maximum absolute atomic E-state index is 12.7. The Morgan fingerprint density at radius 3 is 2.76 bits per heavy atom. The highest BCUT2D eigenvalue weighted by Gasteiger charge is 2.34. The van der Waals surface area contributed by atoms with Crippen molar-refractivity contribution in [1.82, 2.24) is 14.3 Å². The van der Waals surface area contributed by atoms with Gasteiger partial charge in [0.25, 0.3) is 0 Å². The van der Waals surface area contributed by atoms with E-state index in [0.29, 0.717) is 25.3 Å². The van der Waals surface area contributed by atoms with E-state index in [9.17, 15) is 8.42 Å². The fraction of sp³-hybridized carbons (Fsp3) is 0.222. The largest absolute Gasteiger partial charge is 0.487 e. The number of nitrogens with zero attached hydrogens (tertiary/aromatic N) is 3. The van der Waals surface area contributed by atoms with Crippen molar-refractivity contribution < 1.29 is 13.2 Å². The standard InChI is InChI=1S/C18H17N3O3S/c22-25(23,16-6-3-9-19-12-16)21-11-8-15(13-21)24-17-7-1-4-14-5-2-10-20-18(14)17/h1-7,9-10,12,15H,8,11,13H2/t15-/m1/s1. The molecule has 1 aliphatic heterocycles. The zero-order valence-corrected chi connectivity index (χ0v) is 14.3. The first-order valence-electron chi connectivity index (χ1n) is 8.05. The van der Waals surface area contributed by atoms with E-state index in [4.69, 9.17) is 4.74 Å². The van der Waals surface area contributed by atoms with Crippen LogP contribution < -0.4 is 4.74 Å². The normalized spacial score (nSPS) is 18.5. The van der Waals surface area contributed by atoms with E-state index in [1.54, 1.807) is 24.5 Å². The van der Waals surface area contributed by atoms with Crippen LogP contribution in [0.5, 0.6) is 5.75 Å². The summed E-state index contributed by atoms with van der Waals surface area (Å²) in [5.41, 5.74) is 0.790. The Balaban J connectivity index is 1.53. The minimum atomic E-state index is -3.53. The third kappa shape index (κ3) is 3.08. The van der Waals surface area contributed by atoms with E-state index >= 15 is 0 Å². The third-order valence-electron chi connectivity index (χ3n) is 4.27. The molecule has 0 aliphatic carbocycles. The number of fused-ring (bicyclic) bond motifs is 1. The minimum absolute atomic E-state index is 0.195. The second-order valence-electron chi connectivity index (χ2n) is 5.91. The molecular weight excluding hydrogens is 338 g/mol. The lowest BCUT2D eigenvalue weighted by molar-refractivity contribution is 0.218. The van der Waals surface area contributed by atoms with Gasteiger partial charge in [0.1, 0.15) is 22.3 Å². The van der Waals surface area contributed by atoms with Crippen molar-refractivity contribution >= 4 is 20.9 Å². The van der Waals surface area contributed by atoms with E-state index in [0.717, 1.165) is 10.9 Å². The van der Waals surface area contributed by atoms with Crippen LogP contribution in [0.2, 0.25) is 0 Å². The third-order valence-corrected chi connectivity index (χ3v) is 6.12. The number of pyridine rings is 2. The zero-order chi connectivity index (χ0) is 17.3. The molecule has 0 spiro atoms. The fourth-order valence-corrected chi connectivity index (χ4v) is 4.46. The van der Waals surface area contributed by atoms with Gasteiger partial charge in [0, 0.05) is 30.5 Å². The molecule has 0 amide bonds. The lowest BCUT2D eigenvalue weighted by Gasteiger charge is -2.17. The van der Waals surface area contributed by atoms with Crippen LogP contribution >= 0.6 is 0 Å². The van der Waals surface area contributed by atoms with Crippen LogP contribution in [0.3, 0.4) is 0 Å². The summed E-state index contributed by atoms with van der Waals surface area (Å²) in [6, 6.07) is 12.8. The highest BCUT2D eigenvalue weighted by molar-refractivity contribution is 7.89. The van der Waals surface area contributed by atoms with Gasteiger partial charge in [-0.05, 0) is 30.7 Å². The number of sulfonamides is 1. The molecule has 0 bridgehead atoms. The Labute approximate surface area is 146 Å². The summed E-state index contributed by atoms with van der Waals surface area (Å²) < 4.78 is 32.8. The van der Waals surface area contributed by atoms with Crippen LogP contribution in [0.25, 0.3) is 10.9 Å². The lowest BCUT2D eigenvalue weighted by atomic mass is 10.2. The number of hydrogen-bond acceptors (Lipinski definition) is 5. The fourth-order valence-electron chi connectivity index (χ4n) is 3.01. The second kappa shape index (κ2) is 6.42. The summed E-state index contributed by atoms with van der Waals surface area (Å²) in [7, 11) is -3.53. The van der Waals surface area contributed by atoms with E-state index in [-0.39, 0.29) is 11.0 Å². The first-order chi connectivity index (χ1) is 12.1. The first-order valence-corrected chi connectivity index (χ1v) is 9.49. The van der Waals surface area contributed by atoms with Crippen molar-refractivity contribution in [3.8, 4) is 5.75 Å². The number of ether oxygens (including phenoxy) is 1. The number of rotatable bonds is 4. The summed E-state index contributed by atoms with van der Waals surface area (Å²) in [6.07, 6.45) is 5.10. The molecule has 1 atom stereocenters. The number of para-hydroxylation sites is 1. The maximum atomic E-state index is 12.7. The molecule has 1 aliphatic rings. The molecule has 0 N–H and O–H groups in total. The predicted octanol–water partition coefficient (Wildman–Crippen LogP) is 2.47. The Morgan fingerprint density at radius 1 is 1.08 bits per heavy atom. The van der Waals surface area contributed by atoms with Gasteiger partial charge in [0.15, 0.2) is 0 Å². The first kappa shape index (κ1) is 16.0. The van der Waals surface area contributed by atoms with Gasteiger partial charge in [-0.2, -0.15) is 4.31 Å². The molecule has 1 saturated heterocycles. The molecule has 4 rings (SSSR count). The van der Waals surface area contributed by atoms with Crippen LogP contribution in [0.4, 0.5) is 0 Å². The molecule has 1 aromatic carbocycles. The SMILES string of the molecule is O=S(=O)(c1cccnc1)N1CC[C@@H](Oc2cccc3cccnc23)C1. The Morgan fingerprint density at radius 2 is 1.92 bits per heavy atom. The Kier molecular flexibility index (Phi) is 4.10. The number of aromatic nitrogens is 2. The average Bonchev–Trinajstić information content (AvgIpc) is 3.12. The molecule has 25 heavy (non-hydrogen) atoms. The smallest absolute Gasteiger partial charge is 0.244 e. The van der Waals surface area contributed by atoms with Crippen molar-refractivity contribution in [3.05, 3.63) is 61.1 Å². The number of benzene rings is 1. The number of hydrogen-bond donors (Lipinski definition) is 0. The Bertz CT molecular complexity index is 987. The Hall–Kier alpha value is -2.51. The summed E-state index contributed by atoms with van der Waals surface area (Å²) in [5.74, 6) is 0.684. The van der Waals surface area contributed by atoms with E-state index in [2.05, 4.69) is 9.97 Å². The van der Waals surface area contributed by atoms with Crippen molar-refractivity contribution in [2.45, 2.75) is 17.4 Å². The quantitative estimate of drug-likeness (QED) is 0.719. The molecule has 0 radical (unpaired) electrons. The molecule has 128 valence electrons. The van der Waals surface area contributed by atoms with Gasteiger partial charge in [-0.1, -0.05) is 18.2 Å². The van der Waals surface area contributed by atoms with E-state index in [1.807, 2.05) is 30.3 Å². The molecule has 3 heterocycles. The molecule has 0 unspecified atom stereocenters. The van der Waals surface area contributed by atoms with Crippen molar-refractivity contribution in [1.29, 1.82) is 0 Å². The van der Waals surface area contributed by atoms with Gasteiger partial charge in [-0.3, -0.25) is 9.97 Å². The van der Waals surface area contributed by atoms with Crippen molar-refractivity contribution in [2.24, 2.45) is 0 Å². The average molecular weight is 355 g/mol. The van der Waals surface area contributed by atoms with Gasteiger partial charge in [-0.15, -0.1) is 0 Å². The second-order valence-corrected chi connectivity index (χ2v) is 7.85. The lowest BCUT2D eigenvalue weighted by Crippen LogP contribution is -2.31. The van der Waals surface area contributed by atoms with Gasteiger partial charge in [-0.25, -0.2) is 8.42 Å². The molecule has 0 saturated carbocycles. The van der Waals surface area contributed by atoms with Crippen LogP contribution in [0, 0.1) is 0 Å². The molecular formula is C18H17N3O3S. The molecule has 7 heteroatoms. The topological polar surface area (TPSA) is 72.4 Å². The van der Waals surface area contributed by atoms with Gasteiger partial charge in [0.2, 0.25) is 10.0 Å². The monoisotopic (exact) mass is 355 g/mol. The molecule has 2 aromatic heterocycles. The minimum Gasteiger partial charge on any atom is -0.487 e. The van der Waals surface area contributed by atoms with E-state index < -0.39 is 10.0 Å². The van der Waals surface area contributed by atoms with Crippen LogP contribution in [-0.2, 0) is 10.0 Å². The zero-order valence-electron chi connectivity index (χ0n) is 13.4. The predicted molar refractivity (Wildman–Crippen MR) is 93.8 cm³/mol. The molecule has 6 nitrogen and oxygen atoms in total. The summed E-state index contributed by atoms with van der Waals surface area (Å²) in [4.78, 5) is 8.48. The maximum Gasteiger partial charge on any atom is 0.244 e. The summed E-state index contributed by atoms with van der Waals surface area (Å²) in [6.45, 7) is 0.751. The van der Waals surface area contributed by atoms with E-state index in [1.165, 1.54) is 10.5 Å². The van der Waals surface area contributed by atoms with Crippen LogP contribution in [0.15, 0.2) is 66.0 Å². The van der Waals surface area contributed by atoms with Gasteiger partial charge in [0.05, 0.1) is 6.54 Å². The van der Waals surface area contributed by atoms with Gasteiger partial charge >= 0.3 is 0 Å². The van der Waals surface area contributed by atoms with Crippen LogP contribution in [-0.4, -0.2) is 41.9 Å².